The van der Waals surface area contributed by atoms with E-state index in [0.29, 0.717) is 5.69 Å². The number of fused-ring (bicyclic) bond motifs is 1. The lowest BCUT2D eigenvalue weighted by molar-refractivity contribution is -0.136. The molecule has 2 rings (SSSR count). The van der Waals surface area contributed by atoms with E-state index >= 15 is 0 Å². The summed E-state index contributed by atoms with van der Waals surface area (Å²) in [4.78, 5) is 19.3. The Morgan fingerprint density at radius 2 is 2.29 bits per heavy atom. The van der Waals surface area contributed by atoms with Gasteiger partial charge in [0.05, 0.1) is 12.1 Å². The van der Waals surface area contributed by atoms with Gasteiger partial charge in [0.1, 0.15) is 11.5 Å². The first kappa shape index (κ1) is 11.6. The Labute approximate surface area is 99.1 Å². The highest BCUT2D eigenvalue weighted by Crippen LogP contribution is 2.14. The average Bonchev–Trinajstić information content (AvgIpc) is 2.66. The van der Waals surface area contributed by atoms with E-state index in [1.807, 2.05) is 17.5 Å². The van der Waals surface area contributed by atoms with Gasteiger partial charge < -0.3 is 5.11 Å². The zero-order valence-electron chi connectivity index (χ0n) is 9.97. The third-order valence-corrected chi connectivity index (χ3v) is 2.65. The van der Waals surface area contributed by atoms with Crippen molar-refractivity contribution in [3.05, 3.63) is 29.5 Å². The Bertz CT molecular complexity index is 560. The van der Waals surface area contributed by atoms with Gasteiger partial charge in [-0.25, -0.2) is 9.97 Å². The minimum Gasteiger partial charge on any atom is -0.481 e. The van der Waals surface area contributed by atoms with Crippen LogP contribution in [0.2, 0.25) is 0 Å². The van der Waals surface area contributed by atoms with Crippen molar-refractivity contribution in [3.63, 3.8) is 0 Å². The normalized spacial score (nSPS) is 10.9. The molecule has 0 radical (unpaired) electrons. The summed E-state index contributed by atoms with van der Waals surface area (Å²) >= 11 is 0. The number of aromatic nitrogens is 3. The van der Waals surface area contributed by atoms with Gasteiger partial charge in [-0.3, -0.25) is 9.20 Å². The standard InChI is InChI=1S/C12H15N3O2/c1-3-4-9-6-13-8(2)15-7-10(5-11(16)17)14-12(9)15/h6-7H,3-5H2,1-2H3,(H,16,17). The van der Waals surface area contributed by atoms with Crippen LogP contribution < -0.4 is 0 Å². The van der Waals surface area contributed by atoms with E-state index in [2.05, 4.69) is 16.9 Å². The lowest BCUT2D eigenvalue weighted by Gasteiger charge is -2.03. The molecular weight excluding hydrogens is 218 g/mol. The maximum absolute atomic E-state index is 10.7. The first-order valence-corrected chi connectivity index (χ1v) is 5.66. The number of hydrogen-bond donors (Lipinski definition) is 1. The van der Waals surface area contributed by atoms with Gasteiger partial charge in [0, 0.05) is 18.0 Å². The summed E-state index contributed by atoms with van der Waals surface area (Å²) in [6.07, 6.45) is 5.45. The van der Waals surface area contributed by atoms with Crippen molar-refractivity contribution in [3.8, 4) is 0 Å². The SMILES string of the molecule is CCCc1cnc(C)n2cc(CC(=O)O)nc12. The quantitative estimate of drug-likeness (QED) is 0.871. The summed E-state index contributed by atoms with van der Waals surface area (Å²) < 4.78 is 1.86. The molecule has 0 saturated carbocycles. The Balaban J connectivity index is 2.52. The van der Waals surface area contributed by atoms with Gasteiger partial charge in [0.25, 0.3) is 0 Å². The average molecular weight is 233 g/mol. The molecule has 5 nitrogen and oxygen atoms in total. The first-order chi connectivity index (χ1) is 8.11. The molecule has 5 heteroatoms. The van der Waals surface area contributed by atoms with Gasteiger partial charge in [-0.2, -0.15) is 0 Å². The van der Waals surface area contributed by atoms with Crippen LogP contribution in [0.3, 0.4) is 0 Å². The van der Waals surface area contributed by atoms with Gasteiger partial charge in [0.15, 0.2) is 0 Å². The zero-order chi connectivity index (χ0) is 12.4. The molecule has 2 aromatic rings. The highest BCUT2D eigenvalue weighted by molar-refractivity contribution is 5.70. The highest BCUT2D eigenvalue weighted by Gasteiger charge is 2.10. The van der Waals surface area contributed by atoms with Crippen molar-refractivity contribution < 1.29 is 9.90 Å². The fraction of sp³-hybridized carbons (Fsp3) is 0.417. The summed E-state index contributed by atoms with van der Waals surface area (Å²) in [7, 11) is 0. The molecule has 90 valence electrons. The van der Waals surface area contributed by atoms with E-state index in [0.717, 1.165) is 29.9 Å². The van der Waals surface area contributed by atoms with Crippen LogP contribution >= 0.6 is 0 Å². The van der Waals surface area contributed by atoms with Gasteiger partial charge in [0.2, 0.25) is 0 Å². The molecule has 0 atom stereocenters. The monoisotopic (exact) mass is 233 g/mol. The molecule has 0 fully saturated rings. The smallest absolute Gasteiger partial charge is 0.309 e. The lowest BCUT2D eigenvalue weighted by Crippen LogP contribution is -1.99. The molecule has 2 aromatic heterocycles. The second-order valence-corrected chi connectivity index (χ2v) is 4.08. The Morgan fingerprint density at radius 1 is 1.53 bits per heavy atom. The van der Waals surface area contributed by atoms with Crippen molar-refractivity contribution in [1.82, 2.24) is 14.4 Å². The molecule has 0 aliphatic heterocycles. The zero-order valence-corrected chi connectivity index (χ0v) is 9.97. The number of carboxylic acids is 1. The molecule has 0 aliphatic carbocycles. The highest BCUT2D eigenvalue weighted by atomic mass is 16.4. The van der Waals surface area contributed by atoms with Crippen LogP contribution in [-0.4, -0.2) is 25.4 Å². The van der Waals surface area contributed by atoms with E-state index in [-0.39, 0.29) is 6.42 Å². The molecular formula is C12H15N3O2. The van der Waals surface area contributed by atoms with Crippen molar-refractivity contribution >= 4 is 11.6 Å². The first-order valence-electron chi connectivity index (χ1n) is 5.66. The fourth-order valence-electron chi connectivity index (χ4n) is 1.88. The summed E-state index contributed by atoms with van der Waals surface area (Å²) in [5.74, 6) is -0.0416. The Kier molecular flexibility index (Phi) is 3.08. The van der Waals surface area contributed by atoms with Gasteiger partial charge in [-0.1, -0.05) is 13.3 Å². The van der Waals surface area contributed by atoms with Crippen molar-refractivity contribution in [2.24, 2.45) is 0 Å². The fourth-order valence-corrected chi connectivity index (χ4v) is 1.88. The summed E-state index contributed by atoms with van der Waals surface area (Å²) in [6.45, 7) is 3.98. The number of imidazole rings is 1. The number of rotatable bonds is 4. The predicted molar refractivity (Wildman–Crippen MR) is 63.1 cm³/mol. The summed E-state index contributed by atoms with van der Waals surface area (Å²) in [5, 5.41) is 8.77. The van der Waals surface area contributed by atoms with Gasteiger partial charge in [-0.15, -0.1) is 0 Å². The van der Waals surface area contributed by atoms with Crippen molar-refractivity contribution in [1.29, 1.82) is 0 Å². The Hall–Kier alpha value is -1.91. The van der Waals surface area contributed by atoms with Gasteiger partial charge in [-0.05, 0) is 13.3 Å². The van der Waals surface area contributed by atoms with Crippen LogP contribution in [0.4, 0.5) is 0 Å². The molecule has 0 aliphatic rings. The van der Waals surface area contributed by atoms with Crippen molar-refractivity contribution in [2.75, 3.05) is 0 Å². The van der Waals surface area contributed by atoms with Crippen LogP contribution in [-0.2, 0) is 17.6 Å². The number of aliphatic carboxylic acids is 1. The van der Waals surface area contributed by atoms with Crippen LogP contribution in [0, 0.1) is 6.92 Å². The van der Waals surface area contributed by atoms with E-state index in [1.165, 1.54) is 0 Å². The summed E-state index contributed by atoms with van der Waals surface area (Å²) in [5.41, 5.74) is 2.47. The number of aryl methyl sites for hydroxylation is 2. The molecule has 17 heavy (non-hydrogen) atoms. The van der Waals surface area contributed by atoms with Crippen LogP contribution in [0.1, 0.15) is 30.4 Å². The van der Waals surface area contributed by atoms with Crippen LogP contribution in [0.5, 0.6) is 0 Å². The van der Waals surface area contributed by atoms with Crippen LogP contribution in [0.25, 0.3) is 5.65 Å². The number of nitrogens with zero attached hydrogens (tertiary/aromatic N) is 3. The van der Waals surface area contributed by atoms with Crippen molar-refractivity contribution in [2.45, 2.75) is 33.1 Å². The lowest BCUT2D eigenvalue weighted by atomic mass is 10.2. The van der Waals surface area contributed by atoms with Crippen LogP contribution in [0.15, 0.2) is 12.4 Å². The van der Waals surface area contributed by atoms with E-state index in [4.69, 9.17) is 5.11 Å². The maximum Gasteiger partial charge on any atom is 0.309 e. The molecule has 1 N–H and O–H groups in total. The molecule has 0 aromatic carbocycles. The molecule has 0 saturated heterocycles. The minimum atomic E-state index is -0.865. The number of carbonyl (C=O) groups is 1. The third-order valence-electron chi connectivity index (χ3n) is 2.65. The minimum absolute atomic E-state index is 0.0489. The number of carboxylic acid groups (broad SMARTS) is 1. The topological polar surface area (TPSA) is 67.5 Å². The summed E-state index contributed by atoms with van der Waals surface area (Å²) in [6, 6.07) is 0. The molecule has 2 heterocycles. The molecule has 0 bridgehead atoms. The van der Waals surface area contributed by atoms with E-state index < -0.39 is 5.97 Å². The molecule has 0 spiro atoms. The largest absolute Gasteiger partial charge is 0.481 e. The second kappa shape index (κ2) is 4.53. The Morgan fingerprint density at radius 3 is 2.94 bits per heavy atom. The van der Waals surface area contributed by atoms with Gasteiger partial charge >= 0.3 is 5.97 Å². The van der Waals surface area contributed by atoms with E-state index in [9.17, 15) is 4.79 Å². The molecule has 0 unspecified atom stereocenters. The maximum atomic E-state index is 10.7. The molecule has 0 amide bonds. The second-order valence-electron chi connectivity index (χ2n) is 4.08. The number of hydrogen-bond acceptors (Lipinski definition) is 3. The van der Waals surface area contributed by atoms with E-state index in [1.54, 1.807) is 6.20 Å². The predicted octanol–water partition coefficient (Wildman–Crippen LogP) is 1.62. The third kappa shape index (κ3) is 2.27.